The number of nitrogens with one attached hydrogen (secondary N) is 2. The molecule has 1 amide bonds. The Balaban J connectivity index is 1.89. The van der Waals surface area contributed by atoms with Crippen molar-refractivity contribution in [2.24, 2.45) is 0 Å². The van der Waals surface area contributed by atoms with Crippen LogP contribution in [0.5, 0.6) is 0 Å². The molecule has 30 heavy (non-hydrogen) atoms. The summed E-state index contributed by atoms with van der Waals surface area (Å²) in [5, 5.41) is 2.59. The van der Waals surface area contributed by atoms with Gasteiger partial charge in [0.1, 0.15) is 11.8 Å². The Kier molecular flexibility index (Phi) is 6.34. The van der Waals surface area contributed by atoms with E-state index in [1.165, 1.54) is 26.2 Å². The molecule has 0 fully saturated rings. The van der Waals surface area contributed by atoms with E-state index < -0.39 is 22.0 Å². The van der Waals surface area contributed by atoms with Crippen molar-refractivity contribution >= 4 is 38.4 Å². The smallest absolute Gasteiger partial charge is 0.328 e. The first kappa shape index (κ1) is 21.7. The van der Waals surface area contributed by atoms with Gasteiger partial charge in [0.05, 0.1) is 17.7 Å². The minimum Gasteiger partial charge on any atom is -0.468 e. The van der Waals surface area contributed by atoms with E-state index in [1.54, 1.807) is 37.3 Å². The van der Waals surface area contributed by atoms with E-state index in [4.69, 9.17) is 9.15 Å². The third-order valence-corrected chi connectivity index (χ3v) is 6.37. The molecular weight excluding hydrogens is 430 g/mol. The normalized spacial score (nSPS) is 12.4. The number of anilines is 1. The van der Waals surface area contributed by atoms with Crippen molar-refractivity contribution in [1.82, 2.24) is 9.71 Å². The second-order valence-electron chi connectivity index (χ2n) is 6.22. The summed E-state index contributed by atoms with van der Waals surface area (Å²) in [5.41, 5.74) is 1.00. The molecule has 0 saturated carbocycles. The molecular formula is C19H19N3O6S2. The molecule has 3 aromatic rings. The highest BCUT2D eigenvalue weighted by molar-refractivity contribution is 7.89. The van der Waals surface area contributed by atoms with Crippen molar-refractivity contribution in [2.45, 2.75) is 25.0 Å². The summed E-state index contributed by atoms with van der Waals surface area (Å²) in [6.45, 7) is 3.08. The van der Waals surface area contributed by atoms with Gasteiger partial charge in [-0.2, -0.15) is 4.72 Å². The molecule has 0 saturated heterocycles. The zero-order chi connectivity index (χ0) is 21.9. The van der Waals surface area contributed by atoms with Gasteiger partial charge in [-0.25, -0.2) is 18.2 Å². The lowest BCUT2D eigenvalue weighted by molar-refractivity contribution is -0.142. The predicted molar refractivity (Wildman–Crippen MR) is 110 cm³/mol. The number of aryl methyl sites for hydroxylation is 1. The number of carbonyl (C=O) groups is 2. The van der Waals surface area contributed by atoms with Crippen molar-refractivity contribution in [3.8, 4) is 10.6 Å². The van der Waals surface area contributed by atoms with E-state index in [0.29, 0.717) is 21.3 Å². The van der Waals surface area contributed by atoms with Crippen LogP contribution >= 0.6 is 11.3 Å². The number of carbonyl (C=O) groups excluding carboxylic acids is 2. The Labute approximate surface area is 177 Å². The minimum absolute atomic E-state index is 0.267. The second kappa shape index (κ2) is 8.78. The predicted octanol–water partition coefficient (Wildman–Crippen LogP) is 2.86. The van der Waals surface area contributed by atoms with E-state index in [2.05, 4.69) is 15.0 Å². The van der Waals surface area contributed by atoms with Gasteiger partial charge in [0.2, 0.25) is 11.0 Å². The molecule has 2 aromatic heterocycles. The molecule has 0 bridgehead atoms. The average Bonchev–Trinajstić information content (AvgIpc) is 3.33. The first-order chi connectivity index (χ1) is 14.2. The van der Waals surface area contributed by atoms with E-state index in [0.717, 1.165) is 11.3 Å². The van der Waals surface area contributed by atoms with Crippen LogP contribution in [0, 0.1) is 6.92 Å². The van der Waals surface area contributed by atoms with Crippen molar-refractivity contribution in [1.29, 1.82) is 0 Å². The number of amides is 1. The van der Waals surface area contributed by atoms with Crippen LogP contribution in [0.15, 0.2) is 52.0 Å². The molecule has 1 unspecified atom stereocenters. The molecule has 0 aliphatic carbocycles. The number of furan rings is 1. The third-order valence-electron chi connectivity index (χ3n) is 3.99. The van der Waals surface area contributed by atoms with Crippen LogP contribution in [0.3, 0.4) is 0 Å². The maximum atomic E-state index is 12.8. The van der Waals surface area contributed by atoms with Crippen LogP contribution < -0.4 is 10.0 Å². The summed E-state index contributed by atoms with van der Waals surface area (Å²) in [7, 11) is -3.00. The molecule has 0 aliphatic heterocycles. The Hall–Kier alpha value is -3.02. The number of hydrogen-bond acceptors (Lipinski definition) is 8. The van der Waals surface area contributed by atoms with Gasteiger partial charge in [0.25, 0.3) is 10.0 Å². The van der Waals surface area contributed by atoms with Crippen molar-refractivity contribution in [3.05, 3.63) is 53.7 Å². The molecule has 2 N–H and O–H groups in total. The van der Waals surface area contributed by atoms with Crippen LogP contribution in [0.4, 0.5) is 5.13 Å². The topological polar surface area (TPSA) is 128 Å². The Bertz CT molecular complexity index is 1170. The number of nitrogens with zero attached hydrogens (tertiary/aromatic N) is 1. The molecule has 9 nitrogen and oxygen atoms in total. The highest BCUT2D eigenvalue weighted by Crippen LogP contribution is 2.35. The molecule has 2 heterocycles. The van der Waals surface area contributed by atoms with Gasteiger partial charge >= 0.3 is 5.97 Å². The standard InChI is InChI=1S/C19H19N3O6S2/c1-11-17(29-19(20-11)21-12(2)23)14-9-10-15(28-14)30(25,26)22-16(18(24)27-3)13-7-5-4-6-8-13/h4-10,16,22H,1-3H3,(H,20,21,23). The van der Waals surface area contributed by atoms with E-state index >= 15 is 0 Å². The van der Waals surface area contributed by atoms with Crippen molar-refractivity contribution < 1.29 is 27.2 Å². The first-order valence-electron chi connectivity index (χ1n) is 8.71. The van der Waals surface area contributed by atoms with Crippen LogP contribution in [-0.2, 0) is 24.3 Å². The van der Waals surface area contributed by atoms with Gasteiger partial charge in [-0.05, 0) is 24.6 Å². The Morgan fingerprint density at radius 1 is 1.17 bits per heavy atom. The van der Waals surface area contributed by atoms with Crippen LogP contribution in [0.1, 0.15) is 24.2 Å². The molecule has 0 aliphatic rings. The lowest BCUT2D eigenvalue weighted by Crippen LogP contribution is -2.34. The molecule has 1 aromatic carbocycles. The number of methoxy groups -OCH3 is 1. The largest absolute Gasteiger partial charge is 0.468 e. The maximum absolute atomic E-state index is 12.8. The summed E-state index contributed by atoms with van der Waals surface area (Å²) >= 11 is 1.16. The molecule has 3 rings (SSSR count). The van der Waals surface area contributed by atoms with E-state index in [-0.39, 0.29) is 16.8 Å². The van der Waals surface area contributed by atoms with Crippen molar-refractivity contribution in [2.75, 3.05) is 12.4 Å². The number of benzene rings is 1. The SMILES string of the molecule is COC(=O)C(NS(=O)(=O)c1ccc(-c2sc(NC(C)=O)nc2C)o1)c1ccccc1. The Morgan fingerprint density at radius 2 is 1.87 bits per heavy atom. The van der Waals surface area contributed by atoms with Gasteiger partial charge < -0.3 is 14.5 Å². The molecule has 0 radical (unpaired) electrons. The second-order valence-corrected chi connectivity index (χ2v) is 8.87. The van der Waals surface area contributed by atoms with Gasteiger partial charge in [-0.3, -0.25) is 4.79 Å². The van der Waals surface area contributed by atoms with Gasteiger partial charge in [0, 0.05) is 6.92 Å². The highest BCUT2D eigenvalue weighted by atomic mass is 32.2. The van der Waals surface area contributed by atoms with Crippen molar-refractivity contribution in [3.63, 3.8) is 0 Å². The Morgan fingerprint density at radius 3 is 2.50 bits per heavy atom. The monoisotopic (exact) mass is 449 g/mol. The zero-order valence-electron chi connectivity index (χ0n) is 16.3. The highest BCUT2D eigenvalue weighted by Gasteiger charge is 2.30. The number of thiazole rings is 1. The van der Waals surface area contributed by atoms with E-state index in [9.17, 15) is 18.0 Å². The number of hydrogen-bond donors (Lipinski definition) is 2. The molecule has 0 spiro atoms. The van der Waals surface area contributed by atoms with Gasteiger partial charge in [0.15, 0.2) is 5.13 Å². The summed E-state index contributed by atoms with van der Waals surface area (Å²) in [6, 6.07) is 9.89. The summed E-state index contributed by atoms with van der Waals surface area (Å²) in [6.07, 6.45) is 0. The van der Waals surface area contributed by atoms with Gasteiger partial charge in [-0.1, -0.05) is 41.7 Å². The molecule has 11 heteroatoms. The number of esters is 1. The summed E-state index contributed by atoms with van der Waals surface area (Å²) in [4.78, 5) is 28.2. The summed E-state index contributed by atoms with van der Waals surface area (Å²) in [5.74, 6) is -0.747. The minimum atomic E-state index is -4.18. The maximum Gasteiger partial charge on any atom is 0.328 e. The average molecular weight is 450 g/mol. The number of ether oxygens (including phenoxy) is 1. The quantitative estimate of drug-likeness (QED) is 0.531. The lowest BCUT2D eigenvalue weighted by Gasteiger charge is -2.16. The molecule has 158 valence electrons. The van der Waals surface area contributed by atoms with Crippen LogP contribution in [0.2, 0.25) is 0 Å². The fourth-order valence-corrected chi connectivity index (χ4v) is 4.72. The van der Waals surface area contributed by atoms with Crippen LogP contribution in [-0.4, -0.2) is 32.4 Å². The lowest BCUT2D eigenvalue weighted by atomic mass is 10.1. The summed E-state index contributed by atoms with van der Waals surface area (Å²) < 4.78 is 38.3. The number of sulfonamides is 1. The van der Waals surface area contributed by atoms with E-state index in [1.807, 2.05) is 0 Å². The first-order valence-corrected chi connectivity index (χ1v) is 11.0. The number of rotatable bonds is 7. The number of aromatic nitrogens is 1. The van der Waals surface area contributed by atoms with Crippen LogP contribution in [0.25, 0.3) is 10.6 Å². The third kappa shape index (κ3) is 4.75. The fraction of sp³-hybridized carbons (Fsp3) is 0.211. The van der Waals surface area contributed by atoms with Gasteiger partial charge in [-0.15, -0.1) is 0 Å². The fourth-order valence-electron chi connectivity index (χ4n) is 2.64. The zero-order valence-corrected chi connectivity index (χ0v) is 18.0. The molecule has 1 atom stereocenters.